The minimum Gasteiger partial charge on any atom is -0.323 e. The first-order valence-corrected chi connectivity index (χ1v) is 6.18. The van der Waals surface area contributed by atoms with E-state index in [-0.39, 0.29) is 11.8 Å². The molecule has 17 heavy (non-hydrogen) atoms. The van der Waals surface area contributed by atoms with Gasteiger partial charge >= 0.3 is 0 Å². The van der Waals surface area contributed by atoms with Crippen molar-refractivity contribution in [3.05, 3.63) is 23.5 Å². The molecule has 0 spiro atoms. The number of nitrogens with zero attached hydrogens (tertiary/aromatic N) is 1. The molecule has 0 saturated carbocycles. The molecule has 1 aromatic heterocycles. The Bertz CT molecular complexity index is 410. The lowest BCUT2D eigenvalue weighted by atomic mass is 9.92. The first kappa shape index (κ1) is 12.3. The molecule has 1 aliphatic rings. The van der Waals surface area contributed by atoms with Crippen LogP contribution in [-0.4, -0.2) is 23.5 Å². The first-order chi connectivity index (χ1) is 8.16. The molecular formula is C12H16ClN3O. The molecule has 2 atom stereocenters. The summed E-state index contributed by atoms with van der Waals surface area (Å²) in [4.78, 5) is 16.0. The third-order valence-corrected chi connectivity index (χ3v) is 3.35. The zero-order chi connectivity index (χ0) is 12.3. The van der Waals surface area contributed by atoms with Crippen molar-refractivity contribution < 1.29 is 4.79 Å². The summed E-state index contributed by atoms with van der Waals surface area (Å²) in [6.07, 6.45) is 4.91. The van der Waals surface area contributed by atoms with E-state index in [4.69, 9.17) is 11.6 Å². The zero-order valence-electron chi connectivity index (χ0n) is 9.74. The van der Waals surface area contributed by atoms with Crippen LogP contribution in [-0.2, 0) is 4.79 Å². The normalized spacial score (nSPS) is 24.4. The SMILES string of the molecule is CC1CC(C(=O)Nc2cnccc2Cl)CCN1. The lowest BCUT2D eigenvalue weighted by molar-refractivity contribution is -0.120. The van der Waals surface area contributed by atoms with Crippen LogP contribution in [0.25, 0.3) is 0 Å². The summed E-state index contributed by atoms with van der Waals surface area (Å²) in [5.41, 5.74) is 0.588. The van der Waals surface area contributed by atoms with Crippen molar-refractivity contribution >= 4 is 23.2 Å². The molecule has 5 heteroatoms. The molecule has 0 aliphatic carbocycles. The van der Waals surface area contributed by atoms with Gasteiger partial charge in [0.05, 0.1) is 16.9 Å². The number of rotatable bonds is 2. The van der Waals surface area contributed by atoms with Gasteiger partial charge in [0, 0.05) is 18.2 Å². The second-order valence-electron chi connectivity index (χ2n) is 4.42. The van der Waals surface area contributed by atoms with Crippen LogP contribution in [0.2, 0.25) is 5.02 Å². The highest BCUT2D eigenvalue weighted by atomic mass is 35.5. The summed E-state index contributed by atoms with van der Waals surface area (Å²) < 4.78 is 0. The number of hydrogen-bond acceptors (Lipinski definition) is 3. The molecule has 0 radical (unpaired) electrons. The van der Waals surface area contributed by atoms with Crippen molar-refractivity contribution in [3.8, 4) is 0 Å². The number of piperidine rings is 1. The van der Waals surface area contributed by atoms with E-state index in [2.05, 4.69) is 22.5 Å². The Balaban J connectivity index is 1.99. The molecule has 1 saturated heterocycles. The number of pyridine rings is 1. The van der Waals surface area contributed by atoms with Crippen LogP contribution in [0.1, 0.15) is 19.8 Å². The van der Waals surface area contributed by atoms with Crippen LogP contribution in [0.4, 0.5) is 5.69 Å². The molecule has 1 aliphatic heterocycles. The molecule has 92 valence electrons. The standard InChI is InChI=1S/C12H16ClN3O/c1-8-6-9(2-5-15-8)12(17)16-11-7-14-4-3-10(11)13/h3-4,7-9,15H,2,5-6H2,1H3,(H,16,17). The number of nitrogens with one attached hydrogen (secondary N) is 2. The lowest BCUT2D eigenvalue weighted by Gasteiger charge is -2.27. The van der Waals surface area contributed by atoms with E-state index in [1.807, 2.05) is 0 Å². The molecule has 1 aromatic rings. The van der Waals surface area contributed by atoms with Crippen molar-refractivity contribution in [2.24, 2.45) is 5.92 Å². The Kier molecular flexibility index (Phi) is 3.97. The van der Waals surface area contributed by atoms with E-state index in [0.29, 0.717) is 16.8 Å². The molecule has 2 N–H and O–H groups in total. The fraction of sp³-hybridized carbons (Fsp3) is 0.500. The van der Waals surface area contributed by atoms with Crippen molar-refractivity contribution in [1.29, 1.82) is 0 Å². The van der Waals surface area contributed by atoms with Gasteiger partial charge in [0.2, 0.25) is 5.91 Å². The largest absolute Gasteiger partial charge is 0.323 e. The van der Waals surface area contributed by atoms with E-state index in [1.54, 1.807) is 18.5 Å². The molecule has 1 amide bonds. The van der Waals surface area contributed by atoms with Gasteiger partial charge in [-0.05, 0) is 32.4 Å². The van der Waals surface area contributed by atoms with Gasteiger partial charge in [0.1, 0.15) is 0 Å². The van der Waals surface area contributed by atoms with Crippen molar-refractivity contribution in [2.45, 2.75) is 25.8 Å². The Morgan fingerprint density at radius 2 is 2.47 bits per heavy atom. The number of aromatic nitrogens is 1. The highest BCUT2D eigenvalue weighted by Crippen LogP contribution is 2.22. The number of amides is 1. The smallest absolute Gasteiger partial charge is 0.227 e. The van der Waals surface area contributed by atoms with Gasteiger partial charge in [-0.25, -0.2) is 0 Å². The fourth-order valence-corrected chi connectivity index (χ4v) is 2.23. The summed E-state index contributed by atoms with van der Waals surface area (Å²) in [6.45, 7) is 2.98. The number of hydrogen-bond donors (Lipinski definition) is 2. The van der Waals surface area contributed by atoms with Crippen LogP contribution < -0.4 is 10.6 Å². The Hall–Kier alpha value is -1.13. The average molecular weight is 254 g/mol. The molecule has 2 rings (SSSR count). The maximum Gasteiger partial charge on any atom is 0.227 e. The minimum absolute atomic E-state index is 0.0354. The fourth-order valence-electron chi connectivity index (χ4n) is 2.07. The summed E-state index contributed by atoms with van der Waals surface area (Å²) in [5.74, 6) is 0.0933. The number of carbonyl (C=O) groups excluding carboxylic acids is 1. The van der Waals surface area contributed by atoms with Gasteiger partial charge < -0.3 is 10.6 Å². The van der Waals surface area contributed by atoms with Gasteiger partial charge in [-0.2, -0.15) is 0 Å². The van der Waals surface area contributed by atoms with E-state index in [0.717, 1.165) is 19.4 Å². The third kappa shape index (κ3) is 3.17. The summed E-state index contributed by atoms with van der Waals surface area (Å²) in [7, 11) is 0. The van der Waals surface area contributed by atoms with Gasteiger partial charge in [0.15, 0.2) is 0 Å². The maximum atomic E-state index is 12.0. The van der Waals surface area contributed by atoms with E-state index < -0.39 is 0 Å². The second kappa shape index (κ2) is 5.47. The summed E-state index contributed by atoms with van der Waals surface area (Å²) in [6, 6.07) is 2.06. The Labute approximate surface area is 106 Å². The highest BCUT2D eigenvalue weighted by molar-refractivity contribution is 6.33. The van der Waals surface area contributed by atoms with Crippen LogP contribution in [0.15, 0.2) is 18.5 Å². The molecule has 4 nitrogen and oxygen atoms in total. The molecule has 2 heterocycles. The third-order valence-electron chi connectivity index (χ3n) is 3.02. The Morgan fingerprint density at radius 3 is 3.18 bits per heavy atom. The number of halogens is 1. The molecule has 0 bridgehead atoms. The summed E-state index contributed by atoms with van der Waals surface area (Å²) in [5, 5.41) is 6.69. The van der Waals surface area contributed by atoms with Gasteiger partial charge in [-0.1, -0.05) is 11.6 Å². The van der Waals surface area contributed by atoms with Crippen LogP contribution in [0.5, 0.6) is 0 Å². The number of carbonyl (C=O) groups is 1. The second-order valence-corrected chi connectivity index (χ2v) is 4.83. The van der Waals surface area contributed by atoms with Crippen molar-refractivity contribution in [3.63, 3.8) is 0 Å². The average Bonchev–Trinajstić information content (AvgIpc) is 2.32. The lowest BCUT2D eigenvalue weighted by Crippen LogP contribution is -2.40. The van der Waals surface area contributed by atoms with Crippen molar-refractivity contribution in [2.75, 3.05) is 11.9 Å². The maximum absolute atomic E-state index is 12.0. The van der Waals surface area contributed by atoms with Crippen LogP contribution in [0, 0.1) is 5.92 Å². The predicted molar refractivity (Wildman–Crippen MR) is 68.1 cm³/mol. The van der Waals surface area contributed by atoms with Gasteiger partial charge in [-0.15, -0.1) is 0 Å². The van der Waals surface area contributed by atoms with Crippen LogP contribution in [0.3, 0.4) is 0 Å². The topological polar surface area (TPSA) is 54.0 Å². The predicted octanol–water partition coefficient (Wildman–Crippen LogP) is 2.06. The van der Waals surface area contributed by atoms with E-state index >= 15 is 0 Å². The minimum atomic E-state index is 0.0354. The Morgan fingerprint density at radius 1 is 1.65 bits per heavy atom. The quantitative estimate of drug-likeness (QED) is 0.848. The van der Waals surface area contributed by atoms with E-state index in [9.17, 15) is 4.79 Å². The molecule has 2 unspecified atom stereocenters. The molecule has 1 fully saturated rings. The first-order valence-electron chi connectivity index (χ1n) is 5.80. The zero-order valence-corrected chi connectivity index (χ0v) is 10.5. The number of anilines is 1. The van der Waals surface area contributed by atoms with Gasteiger partial charge in [0.25, 0.3) is 0 Å². The van der Waals surface area contributed by atoms with Crippen LogP contribution >= 0.6 is 11.6 Å². The molecular weight excluding hydrogens is 238 g/mol. The molecule has 0 aromatic carbocycles. The highest BCUT2D eigenvalue weighted by Gasteiger charge is 2.24. The monoisotopic (exact) mass is 253 g/mol. The van der Waals surface area contributed by atoms with E-state index in [1.165, 1.54) is 0 Å². The summed E-state index contributed by atoms with van der Waals surface area (Å²) >= 11 is 5.97. The van der Waals surface area contributed by atoms with Gasteiger partial charge in [-0.3, -0.25) is 9.78 Å². The van der Waals surface area contributed by atoms with Crippen molar-refractivity contribution in [1.82, 2.24) is 10.3 Å².